The number of nitrogens with zero attached hydrogens (tertiary/aromatic N) is 1. The molecule has 0 saturated heterocycles. The fourth-order valence-corrected chi connectivity index (χ4v) is 2.65. The molecule has 2 aromatic rings. The van der Waals surface area contributed by atoms with E-state index in [1.165, 1.54) is 10.9 Å². The van der Waals surface area contributed by atoms with Gasteiger partial charge in [0, 0.05) is 17.1 Å². The predicted molar refractivity (Wildman–Crippen MR) is 86.9 cm³/mol. The van der Waals surface area contributed by atoms with Crippen LogP contribution in [0.25, 0.3) is 10.9 Å². The van der Waals surface area contributed by atoms with E-state index in [1.54, 1.807) is 0 Å². The third-order valence-electron chi connectivity index (χ3n) is 4.21. The molecule has 0 aliphatic carbocycles. The molecule has 1 heterocycles. The van der Waals surface area contributed by atoms with Crippen LogP contribution in [-0.2, 0) is 0 Å². The van der Waals surface area contributed by atoms with Crippen molar-refractivity contribution in [1.29, 1.82) is 0 Å². The Morgan fingerprint density at radius 2 is 1.85 bits per heavy atom. The molecule has 0 fully saturated rings. The maximum absolute atomic E-state index is 4.58. The lowest BCUT2D eigenvalue weighted by Gasteiger charge is -2.28. The van der Waals surface area contributed by atoms with Gasteiger partial charge in [0.25, 0.3) is 0 Å². The zero-order valence-electron chi connectivity index (χ0n) is 13.3. The minimum atomic E-state index is 0.408. The highest BCUT2D eigenvalue weighted by molar-refractivity contribution is 5.79. The summed E-state index contributed by atoms with van der Waals surface area (Å²) in [6, 6.07) is 11.3. The van der Waals surface area contributed by atoms with Crippen LogP contribution in [0.15, 0.2) is 30.3 Å². The lowest BCUT2D eigenvalue weighted by Crippen LogP contribution is -2.29. The molecule has 2 unspecified atom stereocenters. The van der Waals surface area contributed by atoms with Gasteiger partial charge in [0.05, 0.1) is 5.52 Å². The van der Waals surface area contributed by atoms with Gasteiger partial charge in [-0.05, 0) is 49.1 Å². The smallest absolute Gasteiger partial charge is 0.0705 e. The third kappa shape index (κ3) is 3.18. The van der Waals surface area contributed by atoms with Crippen LogP contribution in [0.1, 0.15) is 45.0 Å². The van der Waals surface area contributed by atoms with E-state index >= 15 is 0 Å². The Hall–Kier alpha value is -1.41. The summed E-state index contributed by atoms with van der Waals surface area (Å²) in [4.78, 5) is 4.58. The quantitative estimate of drug-likeness (QED) is 0.866. The topological polar surface area (TPSA) is 24.9 Å². The molecule has 0 spiro atoms. The van der Waals surface area contributed by atoms with Crippen molar-refractivity contribution in [2.24, 2.45) is 11.8 Å². The summed E-state index contributed by atoms with van der Waals surface area (Å²) in [5.41, 5.74) is 3.52. The van der Waals surface area contributed by atoms with Crippen LogP contribution in [0.5, 0.6) is 0 Å². The molecule has 20 heavy (non-hydrogen) atoms. The van der Waals surface area contributed by atoms with Gasteiger partial charge in [-0.25, -0.2) is 0 Å². The van der Waals surface area contributed by atoms with E-state index in [9.17, 15) is 0 Å². The van der Waals surface area contributed by atoms with Crippen LogP contribution in [0.2, 0.25) is 0 Å². The highest BCUT2D eigenvalue weighted by Crippen LogP contribution is 2.29. The van der Waals surface area contributed by atoms with E-state index in [4.69, 9.17) is 0 Å². The molecule has 0 radical (unpaired) electrons. The average Bonchev–Trinajstić information content (AvgIpc) is 2.43. The molecule has 0 aliphatic heterocycles. The van der Waals surface area contributed by atoms with E-state index in [-0.39, 0.29) is 0 Å². The van der Waals surface area contributed by atoms with E-state index in [0.29, 0.717) is 17.9 Å². The molecule has 0 aliphatic rings. The summed E-state index contributed by atoms with van der Waals surface area (Å²) in [6.07, 6.45) is 0. The Kier molecular flexibility index (Phi) is 4.77. The van der Waals surface area contributed by atoms with Gasteiger partial charge >= 0.3 is 0 Å². The van der Waals surface area contributed by atoms with Gasteiger partial charge in [-0.1, -0.05) is 39.8 Å². The highest BCUT2D eigenvalue weighted by Gasteiger charge is 2.21. The largest absolute Gasteiger partial charge is 0.310 e. The average molecular weight is 270 g/mol. The van der Waals surface area contributed by atoms with E-state index in [1.807, 2.05) is 6.92 Å². The third-order valence-corrected chi connectivity index (χ3v) is 4.21. The maximum atomic E-state index is 4.58. The summed E-state index contributed by atoms with van der Waals surface area (Å²) in [5, 5.41) is 4.86. The van der Waals surface area contributed by atoms with Crippen molar-refractivity contribution in [2.75, 3.05) is 6.54 Å². The summed E-state index contributed by atoms with van der Waals surface area (Å²) >= 11 is 0. The molecular formula is C18H26N2. The Morgan fingerprint density at radius 1 is 1.10 bits per heavy atom. The van der Waals surface area contributed by atoms with Gasteiger partial charge in [-0.2, -0.15) is 0 Å². The molecule has 108 valence electrons. The Bertz CT molecular complexity index is 575. The summed E-state index contributed by atoms with van der Waals surface area (Å²) in [6.45, 7) is 12.1. The zero-order valence-corrected chi connectivity index (χ0v) is 13.3. The van der Waals surface area contributed by atoms with Gasteiger partial charge in [0.2, 0.25) is 0 Å². The van der Waals surface area contributed by atoms with Gasteiger partial charge in [-0.3, -0.25) is 4.98 Å². The molecular weight excluding hydrogens is 244 g/mol. The van der Waals surface area contributed by atoms with E-state index in [2.05, 4.69) is 68.3 Å². The highest BCUT2D eigenvalue weighted by atomic mass is 14.9. The van der Waals surface area contributed by atoms with E-state index in [0.717, 1.165) is 17.8 Å². The number of pyridine rings is 1. The van der Waals surface area contributed by atoms with Crippen LogP contribution in [0.4, 0.5) is 0 Å². The fraction of sp³-hybridized carbons (Fsp3) is 0.500. The number of hydrogen-bond acceptors (Lipinski definition) is 2. The van der Waals surface area contributed by atoms with E-state index < -0.39 is 0 Å². The summed E-state index contributed by atoms with van der Waals surface area (Å²) in [5.74, 6) is 1.26. The monoisotopic (exact) mass is 270 g/mol. The Morgan fingerprint density at radius 3 is 2.50 bits per heavy atom. The molecule has 2 heteroatoms. The van der Waals surface area contributed by atoms with Crippen LogP contribution in [0, 0.1) is 18.8 Å². The SMILES string of the molecule is CCNC(c1ccc2nc(C)ccc2c1)C(C)C(C)C. The Labute approximate surface area is 122 Å². The number of benzene rings is 1. The van der Waals surface area contributed by atoms with Crippen LogP contribution < -0.4 is 5.32 Å². The first-order chi connectivity index (χ1) is 9.52. The first kappa shape index (κ1) is 15.0. The van der Waals surface area contributed by atoms with Crippen molar-refractivity contribution in [2.45, 2.75) is 40.7 Å². The summed E-state index contributed by atoms with van der Waals surface area (Å²) < 4.78 is 0. The normalized spacial score (nSPS) is 14.7. The Balaban J connectivity index is 2.40. The van der Waals surface area contributed by atoms with Crippen molar-refractivity contribution in [3.63, 3.8) is 0 Å². The molecule has 1 aromatic heterocycles. The molecule has 0 bridgehead atoms. The van der Waals surface area contributed by atoms with Gasteiger partial charge in [-0.15, -0.1) is 0 Å². The van der Waals surface area contributed by atoms with Gasteiger partial charge in [0.15, 0.2) is 0 Å². The molecule has 1 N–H and O–H groups in total. The summed E-state index contributed by atoms with van der Waals surface area (Å²) in [7, 11) is 0. The molecule has 2 nitrogen and oxygen atoms in total. The second-order valence-corrected chi connectivity index (χ2v) is 6.04. The van der Waals surface area contributed by atoms with Crippen LogP contribution in [0.3, 0.4) is 0 Å². The molecule has 0 saturated carbocycles. The van der Waals surface area contributed by atoms with Crippen molar-refractivity contribution in [1.82, 2.24) is 10.3 Å². The minimum absolute atomic E-state index is 0.408. The fourth-order valence-electron chi connectivity index (χ4n) is 2.65. The predicted octanol–water partition coefficient (Wildman–Crippen LogP) is 4.49. The number of aromatic nitrogens is 1. The zero-order chi connectivity index (χ0) is 14.7. The second kappa shape index (κ2) is 6.36. The lowest BCUT2D eigenvalue weighted by atomic mass is 9.85. The molecule has 0 amide bonds. The van der Waals surface area contributed by atoms with Crippen molar-refractivity contribution < 1.29 is 0 Å². The van der Waals surface area contributed by atoms with Crippen molar-refractivity contribution >= 4 is 10.9 Å². The number of aryl methyl sites for hydroxylation is 1. The minimum Gasteiger partial charge on any atom is -0.310 e. The first-order valence-corrected chi connectivity index (χ1v) is 7.63. The number of fused-ring (bicyclic) bond motifs is 1. The number of nitrogens with one attached hydrogen (secondary N) is 1. The standard InChI is InChI=1S/C18H26N2/c1-6-19-18(14(5)12(2)3)16-9-10-17-15(11-16)8-7-13(4)20-17/h7-12,14,18-19H,6H2,1-5H3. The van der Waals surface area contributed by atoms with Crippen LogP contribution in [-0.4, -0.2) is 11.5 Å². The number of hydrogen-bond donors (Lipinski definition) is 1. The molecule has 1 aromatic carbocycles. The lowest BCUT2D eigenvalue weighted by molar-refractivity contribution is 0.307. The maximum Gasteiger partial charge on any atom is 0.0705 e. The van der Waals surface area contributed by atoms with Gasteiger partial charge in [0.1, 0.15) is 0 Å². The van der Waals surface area contributed by atoms with Crippen molar-refractivity contribution in [3.05, 3.63) is 41.6 Å². The van der Waals surface area contributed by atoms with Crippen LogP contribution >= 0.6 is 0 Å². The van der Waals surface area contributed by atoms with Crippen molar-refractivity contribution in [3.8, 4) is 0 Å². The second-order valence-electron chi connectivity index (χ2n) is 6.04. The van der Waals surface area contributed by atoms with Gasteiger partial charge < -0.3 is 5.32 Å². The molecule has 2 rings (SSSR count). The number of rotatable bonds is 5. The molecule has 2 atom stereocenters. The first-order valence-electron chi connectivity index (χ1n) is 7.63.